The van der Waals surface area contributed by atoms with Gasteiger partial charge in [-0.05, 0) is 25.1 Å². The second-order valence-electron chi connectivity index (χ2n) is 5.31. The van der Waals surface area contributed by atoms with Crippen molar-refractivity contribution in [1.29, 1.82) is 0 Å². The average Bonchev–Trinajstić information content (AvgIpc) is 2.60. The van der Waals surface area contributed by atoms with Gasteiger partial charge in [0.1, 0.15) is 5.75 Å². The fourth-order valence-electron chi connectivity index (χ4n) is 2.45. The van der Waals surface area contributed by atoms with E-state index in [0.717, 1.165) is 0 Å². The summed E-state index contributed by atoms with van der Waals surface area (Å²) in [5.74, 6) is 0.168. The fraction of sp³-hybridized carbons (Fsp3) is 0.278. The average molecular weight is 386 g/mol. The molecular weight excluding hydrogens is 368 g/mol. The first-order chi connectivity index (χ1) is 12.4. The van der Waals surface area contributed by atoms with Crippen LogP contribution in [0.5, 0.6) is 17.2 Å². The van der Waals surface area contributed by atoms with Gasteiger partial charge in [0, 0.05) is 11.1 Å². The number of para-hydroxylation sites is 1. The Morgan fingerprint density at radius 2 is 1.81 bits per heavy atom. The van der Waals surface area contributed by atoms with E-state index in [1.54, 1.807) is 25.1 Å². The maximum Gasteiger partial charge on any atom is 0.387 e. The van der Waals surface area contributed by atoms with E-state index in [-0.39, 0.29) is 16.3 Å². The summed E-state index contributed by atoms with van der Waals surface area (Å²) in [6.45, 7) is -1.29. The Kier molecular flexibility index (Phi) is 6.63. The summed E-state index contributed by atoms with van der Waals surface area (Å²) in [4.78, 5) is 12.5. The smallest absolute Gasteiger partial charge is 0.387 e. The molecule has 8 heteroatoms. The lowest BCUT2D eigenvalue weighted by atomic mass is 10.1. The standard InChI is InChI=1S/C18H18ClF2NO4/c1-10(12-6-4-5-7-14(12)26-18(20)21)22-17(23)11-8-13(19)16(25-3)15(9-11)24-2/h4-10,18H,1-3H3,(H,22,23). The third kappa shape index (κ3) is 4.54. The first kappa shape index (κ1) is 19.8. The van der Waals surface area contributed by atoms with Gasteiger partial charge in [0.25, 0.3) is 5.91 Å². The Hall–Kier alpha value is -2.54. The minimum absolute atomic E-state index is 0.000596. The number of halogens is 3. The van der Waals surface area contributed by atoms with Gasteiger partial charge in [-0.2, -0.15) is 8.78 Å². The summed E-state index contributed by atoms with van der Waals surface area (Å²) >= 11 is 6.11. The van der Waals surface area contributed by atoms with Gasteiger partial charge in [0.15, 0.2) is 11.5 Å². The predicted molar refractivity (Wildman–Crippen MR) is 93.5 cm³/mol. The van der Waals surface area contributed by atoms with Gasteiger partial charge < -0.3 is 19.5 Å². The van der Waals surface area contributed by atoms with Crippen molar-refractivity contribution in [3.05, 3.63) is 52.5 Å². The zero-order valence-electron chi connectivity index (χ0n) is 14.4. The normalized spacial score (nSPS) is 11.8. The summed E-state index contributed by atoms with van der Waals surface area (Å²) in [7, 11) is 2.86. The van der Waals surface area contributed by atoms with E-state index in [4.69, 9.17) is 21.1 Å². The largest absolute Gasteiger partial charge is 0.493 e. The van der Waals surface area contributed by atoms with Crippen molar-refractivity contribution in [2.45, 2.75) is 19.6 Å². The zero-order valence-corrected chi connectivity index (χ0v) is 15.1. The Bertz CT molecular complexity index is 786. The Balaban J connectivity index is 2.24. The van der Waals surface area contributed by atoms with Gasteiger partial charge in [-0.25, -0.2) is 0 Å². The molecule has 5 nitrogen and oxygen atoms in total. The molecule has 1 unspecified atom stereocenters. The van der Waals surface area contributed by atoms with Gasteiger partial charge in [-0.1, -0.05) is 29.8 Å². The minimum atomic E-state index is -2.95. The molecule has 0 spiro atoms. The number of carbonyl (C=O) groups is 1. The Morgan fingerprint density at radius 1 is 1.12 bits per heavy atom. The molecule has 2 rings (SSSR count). The molecule has 0 saturated heterocycles. The summed E-state index contributed by atoms with van der Waals surface area (Å²) in [5, 5.41) is 2.94. The molecule has 0 radical (unpaired) electrons. The second kappa shape index (κ2) is 8.71. The van der Waals surface area contributed by atoms with E-state index in [9.17, 15) is 13.6 Å². The van der Waals surface area contributed by atoms with Crippen LogP contribution >= 0.6 is 11.6 Å². The molecule has 0 saturated carbocycles. The number of methoxy groups -OCH3 is 2. The first-order valence-electron chi connectivity index (χ1n) is 7.63. The lowest BCUT2D eigenvalue weighted by molar-refractivity contribution is -0.0506. The summed E-state index contributed by atoms with van der Waals surface area (Å²) < 4.78 is 39.9. The van der Waals surface area contributed by atoms with E-state index in [1.807, 2.05) is 0 Å². The molecular formula is C18H18ClF2NO4. The van der Waals surface area contributed by atoms with Gasteiger partial charge >= 0.3 is 6.61 Å². The molecule has 26 heavy (non-hydrogen) atoms. The summed E-state index contributed by atoms with van der Waals surface area (Å²) in [5.41, 5.74) is 0.666. The molecule has 1 amide bonds. The van der Waals surface area contributed by atoms with Gasteiger partial charge in [0.2, 0.25) is 0 Å². The van der Waals surface area contributed by atoms with Crippen LogP contribution in [0.3, 0.4) is 0 Å². The molecule has 1 atom stereocenters. The van der Waals surface area contributed by atoms with Crippen LogP contribution in [0.15, 0.2) is 36.4 Å². The number of ether oxygens (including phenoxy) is 3. The molecule has 0 fully saturated rings. The molecule has 0 bridgehead atoms. The Labute approximate surface area is 154 Å². The minimum Gasteiger partial charge on any atom is -0.493 e. The van der Waals surface area contributed by atoms with Crippen molar-refractivity contribution in [3.63, 3.8) is 0 Å². The monoisotopic (exact) mass is 385 g/mol. The summed E-state index contributed by atoms with van der Waals surface area (Å²) in [6.07, 6.45) is 0. The maximum absolute atomic E-state index is 12.5. The molecule has 0 heterocycles. The molecule has 2 aromatic rings. The van der Waals surface area contributed by atoms with Gasteiger partial charge in [-0.3, -0.25) is 4.79 Å². The number of carbonyl (C=O) groups excluding carboxylic acids is 1. The molecule has 1 N–H and O–H groups in total. The lowest BCUT2D eigenvalue weighted by Crippen LogP contribution is -2.27. The van der Waals surface area contributed by atoms with Crippen molar-refractivity contribution in [3.8, 4) is 17.2 Å². The number of rotatable bonds is 7. The second-order valence-corrected chi connectivity index (χ2v) is 5.71. The number of hydrogen-bond acceptors (Lipinski definition) is 4. The molecule has 2 aromatic carbocycles. The highest BCUT2D eigenvalue weighted by atomic mass is 35.5. The first-order valence-corrected chi connectivity index (χ1v) is 8.01. The number of benzene rings is 2. The third-order valence-corrected chi connectivity index (χ3v) is 3.93. The van der Waals surface area contributed by atoms with Crippen LogP contribution in [-0.4, -0.2) is 26.7 Å². The highest BCUT2D eigenvalue weighted by molar-refractivity contribution is 6.32. The van der Waals surface area contributed by atoms with Crippen LogP contribution in [0.2, 0.25) is 5.02 Å². The van der Waals surface area contributed by atoms with Crippen molar-refractivity contribution in [1.82, 2.24) is 5.32 Å². The van der Waals surface area contributed by atoms with E-state index in [0.29, 0.717) is 17.1 Å². The van der Waals surface area contributed by atoms with Crippen LogP contribution < -0.4 is 19.5 Å². The number of amides is 1. The molecule has 0 aliphatic rings. The van der Waals surface area contributed by atoms with Crippen LogP contribution in [0.4, 0.5) is 8.78 Å². The van der Waals surface area contributed by atoms with E-state index in [2.05, 4.69) is 10.1 Å². The number of alkyl halides is 2. The van der Waals surface area contributed by atoms with Crippen molar-refractivity contribution < 1.29 is 27.8 Å². The zero-order chi connectivity index (χ0) is 19.3. The quantitative estimate of drug-likeness (QED) is 0.765. The summed E-state index contributed by atoms with van der Waals surface area (Å²) in [6, 6.07) is 8.60. The third-order valence-electron chi connectivity index (χ3n) is 3.64. The maximum atomic E-state index is 12.5. The van der Waals surface area contributed by atoms with Gasteiger partial charge in [0.05, 0.1) is 25.3 Å². The van der Waals surface area contributed by atoms with E-state index in [1.165, 1.54) is 32.4 Å². The van der Waals surface area contributed by atoms with Gasteiger partial charge in [-0.15, -0.1) is 0 Å². The van der Waals surface area contributed by atoms with Crippen molar-refractivity contribution in [2.24, 2.45) is 0 Å². The predicted octanol–water partition coefficient (Wildman–Crippen LogP) is 4.45. The van der Waals surface area contributed by atoms with Crippen molar-refractivity contribution >= 4 is 17.5 Å². The fourth-order valence-corrected chi connectivity index (χ4v) is 2.74. The molecule has 0 aliphatic heterocycles. The van der Waals surface area contributed by atoms with E-state index < -0.39 is 18.6 Å². The SMILES string of the molecule is COc1cc(C(=O)NC(C)c2ccccc2OC(F)F)cc(Cl)c1OC. The number of nitrogens with one attached hydrogen (secondary N) is 1. The van der Waals surface area contributed by atoms with Crippen LogP contribution in [-0.2, 0) is 0 Å². The molecule has 0 aliphatic carbocycles. The molecule has 0 aromatic heterocycles. The van der Waals surface area contributed by atoms with E-state index >= 15 is 0 Å². The topological polar surface area (TPSA) is 56.8 Å². The van der Waals surface area contributed by atoms with Crippen LogP contribution in [0, 0.1) is 0 Å². The van der Waals surface area contributed by atoms with Crippen molar-refractivity contribution in [2.75, 3.05) is 14.2 Å². The van der Waals surface area contributed by atoms with Crippen LogP contribution in [0.1, 0.15) is 28.9 Å². The Morgan fingerprint density at radius 3 is 2.42 bits per heavy atom. The lowest BCUT2D eigenvalue weighted by Gasteiger charge is -2.18. The van der Waals surface area contributed by atoms with Crippen LogP contribution in [0.25, 0.3) is 0 Å². The highest BCUT2D eigenvalue weighted by Gasteiger charge is 2.19. The number of hydrogen-bond donors (Lipinski definition) is 1. The molecule has 140 valence electrons. The highest BCUT2D eigenvalue weighted by Crippen LogP contribution is 2.36.